The molecule has 0 aliphatic rings. The number of hydrogen-bond donors (Lipinski definition) is 1. The molecule has 180 valence electrons. The van der Waals surface area contributed by atoms with Crippen LogP contribution in [-0.4, -0.2) is 25.2 Å². The molecule has 0 saturated carbocycles. The zero-order valence-electron chi connectivity index (χ0n) is 19.6. The van der Waals surface area contributed by atoms with Gasteiger partial charge in [-0.3, -0.25) is 4.79 Å². The van der Waals surface area contributed by atoms with E-state index in [0.717, 1.165) is 11.1 Å². The average Bonchev–Trinajstić information content (AvgIpc) is 2.93. The lowest BCUT2D eigenvalue weighted by atomic mass is 10.2. The van der Waals surface area contributed by atoms with Crippen molar-refractivity contribution in [3.63, 3.8) is 0 Å². The van der Waals surface area contributed by atoms with Crippen LogP contribution in [0.4, 0.5) is 0 Å². The van der Waals surface area contributed by atoms with Gasteiger partial charge in [-0.1, -0.05) is 42.5 Å². The number of ether oxygens (including phenoxy) is 3. The summed E-state index contributed by atoms with van der Waals surface area (Å²) in [6, 6.07) is 30.3. The number of carbonyl (C=O) groups is 2. The first-order valence-corrected chi connectivity index (χ1v) is 11.2. The van der Waals surface area contributed by atoms with Gasteiger partial charge in [-0.25, -0.2) is 10.2 Å². The third kappa shape index (κ3) is 6.57. The molecule has 1 N–H and O–H groups in total. The summed E-state index contributed by atoms with van der Waals surface area (Å²) in [5.41, 5.74) is 5.08. The Labute approximate surface area is 209 Å². The normalized spacial score (nSPS) is 10.6. The predicted molar refractivity (Wildman–Crippen MR) is 137 cm³/mol. The molecule has 0 aliphatic heterocycles. The van der Waals surface area contributed by atoms with Crippen molar-refractivity contribution in [2.24, 2.45) is 5.10 Å². The summed E-state index contributed by atoms with van der Waals surface area (Å²) in [4.78, 5) is 24.8. The van der Waals surface area contributed by atoms with Crippen LogP contribution in [0.2, 0.25) is 0 Å². The molecule has 7 nitrogen and oxygen atoms in total. The fourth-order valence-corrected chi connectivity index (χ4v) is 3.27. The Balaban J connectivity index is 1.27. The maximum absolute atomic E-state index is 12.4. The van der Waals surface area contributed by atoms with Crippen molar-refractivity contribution in [2.75, 3.05) is 7.11 Å². The monoisotopic (exact) mass is 480 g/mol. The van der Waals surface area contributed by atoms with Gasteiger partial charge in [0.25, 0.3) is 5.91 Å². The number of hydrazone groups is 1. The molecule has 4 aromatic carbocycles. The van der Waals surface area contributed by atoms with E-state index < -0.39 is 5.97 Å². The number of methoxy groups -OCH3 is 1. The Morgan fingerprint density at radius 3 is 2.19 bits per heavy atom. The molecule has 0 fully saturated rings. The summed E-state index contributed by atoms with van der Waals surface area (Å²) < 4.78 is 16.3. The second-order valence-corrected chi connectivity index (χ2v) is 7.66. The van der Waals surface area contributed by atoms with E-state index in [-0.39, 0.29) is 5.91 Å². The van der Waals surface area contributed by atoms with Crippen LogP contribution in [0.3, 0.4) is 0 Å². The van der Waals surface area contributed by atoms with Gasteiger partial charge in [-0.2, -0.15) is 5.10 Å². The van der Waals surface area contributed by atoms with E-state index in [1.54, 1.807) is 72.8 Å². The number of esters is 1. The maximum Gasteiger partial charge on any atom is 0.347 e. The zero-order chi connectivity index (χ0) is 25.2. The lowest BCUT2D eigenvalue weighted by Gasteiger charge is -2.08. The van der Waals surface area contributed by atoms with Crippen LogP contribution in [-0.2, 0) is 6.61 Å². The van der Waals surface area contributed by atoms with E-state index in [4.69, 9.17) is 14.2 Å². The van der Waals surface area contributed by atoms with Gasteiger partial charge in [0, 0.05) is 5.56 Å². The lowest BCUT2D eigenvalue weighted by molar-refractivity contribution is 0.0731. The summed E-state index contributed by atoms with van der Waals surface area (Å²) in [6.07, 6.45) is 1.50. The summed E-state index contributed by atoms with van der Waals surface area (Å²) >= 11 is 0. The molecule has 0 spiro atoms. The van der Waals surface area contributed by atoms with Gasteiger partial charge in [-0.05, 0) is 71.8 Å². The highest BCUT2D eigenvalue weighted by Crippen LogP contribution is 2.20. The van der Waals surface area contributed by atoms with Gasteiger partial charge in [0.15, 0.2) is 0 Å². The molecule has 0 aromatic heterocycles. The van der Waals surface area contributed by atoms with Crippen LogP contribution in [0.25, 0.3) is 0 Å². The molecule has 0 atom stereocenters. The minimum absolute atomic E-state index is 0.337. The van der Waals surface area contributed by atoms with Crippen LogP contribution in [0.5, 0.6) is 17.2 Å². The minimum Gasteiger partial charge on any atom is -0.496 e. The van der Waals surface area contributed by atoms with Crippen molar-refractivity contribution in [3.05, 3.63) is 125 Å². The number of benzene rings is 4. The van der Waals surface area contributed by atoms with E-state index in [2.05, 4.69) is 10.5 Å². The SMILES string of the molecule is COc1ccccc1C(=O)Oc1ccc(/C=N/NC(=O)c2ccc(OCc3ccccc3)cc2)cc1. The number of nitrogens with zero attached hydrogens (tertiary/aromatic N) is 1. The van der Waals surface area contributed by atoms with Gasteiger partial charge in [0.2, 0.25) is 0 Å². The molecule has 0 heterocycles. The molecular weight excluding hydrogens is 456 g/mol. The Bertz CT molecular complexity index is 1330. The Morgan fingerprint density at radius 1 is 0.806 bits per heavy atom. The van der Waals surface area contributed by atoms with Gasteiger partial charge in [-0.15, -0.1) is 0 Å². The maximum atomic E-state index is 12.4. The summed E-state index contributed by atoms with van der Waals surface area (Å²) in [5.74, 6) is 0.629. The van der Waals surface area contributed by atoms with Crippen molar-refractivity contribution < 1.29 is 23.8 Å². The smallest absolute Gasteiger partial charge is 0.347 e. The fraction of sp³-hybridized carbons (Fsp3) is 0.0690. The van der Waals surface area contributed by atoms with Crippen LogP contribution in [0, 0.1) is 0 Å². The van der Waals surface area contributed by atoms with Crippen LogP contribution >= 0.6 is 0 Å². The highest BCUT2D eigenvalue weighted by Gasteiger charge is 2.13. The molecule has 0 unspecified atom stereocenters. The second-order valence-electron chi connectivity index (χ2n) is 7.66. The van der Waals surface area contributed by atoms with Gasteiger partial charge < -0.3 is 14.2 Å². The van der Waals surface area contributed by atoms with E-state index in [1.807, 2.05) is 30.3 Å². The minimum atomic E-state index is -0.516. The molecule has 4 rings (SSSR count). The van der Waals surface area contributed by atoms with E-state index in [0.29, 0.717) is 35.0 Å². The number of amides is 1. The molecule has 7 heteroatoms. The topological polar surface area (TPSA) is 86.2 Å². The largest absolute Gasteiger partial charge is 0.496 e. The van der Waals surface area contributed by atoms with Gasteiger partial charge in [0.1, 0.15) is 29.4 Å². The van der Waals surface area contributed by atoms with E-state index in [1.165, 1.54) is 13.3 Å². The number of hydrogen-bond acceptors (Lipinski definition) is 6. The van der Waals surface area contributed by atoms with Gasteiger partial charge >= 0.3 is 5.97 Å². The standard InChI is InChI=1S/C29H24N2O5/c1-34-27-10-6-5-9-26(27)29(33)36-25-15-11-21(12-16-25)19-30-31-28(32)23-13-17-24(18-14-23)35-20-22-7-3-2-4-8-22/h2-19H,20H2,1H3,(H,31,32)/b30-19+. The van der Waals surface area contributed by atoms with Gasteiger partial charge in [0.05, 0.1) is 13.3 Å². The van der Waals surface area contributed by atoms with Crippen molar-refractivity contribution in [1.82, 2.24) is 5.43 Å². The average molecular weight is 481 g/mol. The van der Waals surface area contributed by atoms with Crippen molar-refractivity contribution in [2.45, 2.75) is 6.61 Å². The molecule has 4 aromatic rings. The second kappa shape index (κ2) is 12.0. The van der Waals surface area contributed by atoms with E-state index >= 15 is 0 Å². The van der Waals surface area contributed by atoms with Crippen LogP contribution in [0.1, 0.15) is 31.8 Å². The molecule has 0 bridgehead atoms. The van der Waals surface area contributed by atoms with Crippen LogP contribution < -0.4 is 19.6 Å². The fourth-order valence-electron chi connectivity index (χ4n) is 3.27. The lowest BCUT2D eigenvalue weighted by Crippen LogP contribution is -2.17. The zero-order valence-corrected chi connectivity index (χ0v) is 19.6. The molecule has 0 radical (unpaired) electrons. The first-order valence-electron chi connectivity index (χ1n) is 11.2. The summed E-state index contributed by atoms with van der Waals surface area (Å²) in [7, 11) is 1.50. The van der Waals surface area contributed by atoms with Crippen molar-refractivity contribution in [1.29, 1.82) is 0 Å². The molecule has 36 heavy (non-hydrogen) atoms. The summed E-state index contributed by atoms with van der Waals surface area (Å²) in [6.45, 7) is 0.453. The third-order valence-electron chi connectivity index (χ3n) is 5.16. The highest BCUT2D eigenvalue weighted by atomic mass is 16.5. The Morgan fingerprint density at radius 2 is 1.47 bits per heavy atom. The predicted octanol–water partition coefficient (Wildman–Crippen LogP) is 5.26. The van der Waals surface area contributed by atoms with Crippen molar-refractivity contribution >= 4 is 18.1 Å². The molecule has 0 aliphatic carbocycles. The number of carbonyl (C=O) groups excluding carboxylic acids is 2. The Kier molecular flexibility index (Phi) is 8.07. The highest BCUT2D eigenvalue weighted by molar-refractivity contribution is 5.95. The summed E-state index contributed by atoms with van der Waals surface area (Å²) in [5, 5.41) is 4.00. The third-order valence-corrected chi connectivity index (χ3v) is 5.16. The van der Waals surface area contributed by atoms with E-state index in [9.17, 15) is 9.59 Å². The first kappa shape index (κ1) is 24.2. The molecule has 0 saturated heterocycles. The quantitative estimate of drug-likeness (QED) is 0.153. The molecule has 1 amide bonds. The van der Waals surface area contributed by atoms with Crippen LogP contribution in [0.15, 0.2) is 108 Å². The van der Waals surface area contributed by atoms with Crippen molar-refractivity contribution in [3.8, 4) is 17.2 Å². The number of nitrogens with one attached hydrogen (secondary N) is 1. The first-order chi connectivity index (χ1) is 17.6. The number of rotatable bonds is 9. The Hall–Kier alpha value is -4.91. The molecular formula is C29H24N2O5. The number of para-hydroxylation sites is 1.